The lowest BCUT2D eigenvalue weighted by Crippen LogP contribution is -2.13. The molecule has 0 saturated heterocycles. The van der Waals surface area contributed by atoms with Gasteiger partial charge < -0.3 is 5.73 Å². The molecule has 0 aliphatic rings. The van der Waals surface area contributed by atoms with E-state index in [9.17, 15) is 13.6 Å². The second kappa shape index (κ2) is 4.23. The summed E-state index contributed by atoms with van der Waals surface area (Å²) in [6, 6.07) is 3.06. The number of carbonyl (C=O) groups excluding carboxylic acids is 1. The predicted octanol–water partition coefficient (Wildman–Crippen LogP) is 1.54. The van der Waals surface area contributed by atoms with Crippen molar-refractivity contribution in [2.45, 2.75) is 4.90 Å². The van der Waals surface area contributed by atoms with E-state index in [0.29, 0.717) is 0 Å². The highest BCUT2D eigenvalue weighted by Gasteiger charge is 2.05. The molecule has 13 heavy (non-hydrogen) atoms. The average Bonchev–Trinajstić information content (AvgIpc) is 2.06. The standard InChI is InChI=1S/C8H7F2NOS/c9-5-1-2-6(10)7(3-5)13-4-8(11)12/h1-3H,4H2,(H2,11,12). The number of hydrogen-bond acceptors (Lipinski definition) is 2. The lowest BCUT2D eigenvalue weighted by atomic mass is 10.3. The Balaban J connectivity index is 2.75. The van der Waals surface area contributed by atoms with E-state index in [1.165, 1.54) is 0 Å². The maximum Gasteiger partial charge on any atom is 0.227 e. The van der Waals surface area contributed by atoms with E-state index in [1.54, 1.807) is 0 Å². The number of amides is 1. The van der Waals surface area contributed by atoms with Gasteiger partial charge in [0, 0.05) is 4.90 Å². The van der Waals surface area contributed by atoms with Crippen LogP contribution in [0.3, 0.4) is 0 Å². The van der Waals surface area contributed by atoms with Crippen LogP contribution in [0, 0.1) is 11.6 Å². The van der Waals surface area contributed by atoms with Gasteiger partial charge in [-0.2, -0.15) is 0 Å². The number of primary amides is 1. The molecule has 1 rings (SSSR count). The first-order valence-electron chi connectivity index (χ1n) is 3.46. The Morgan fingerprint density at radius 2 is 2.15 bits per heavy atom. The van der Waals surface area contributed by atoms with Gasteiger partial charge in [-0.15, -0.1) is 11.8 Å². The molecule has 1 amide bonds. The lowest BCUT2D eigenvalue weighted by molar-refractivity contribution is -0.115. The van der Waals surface area contributed by atoms with Gasteiger partial charge in [-0.05, 0) is 18.2 Å². The molecule has 1 aromatic carbocycles. The van der Waals surface area contributed by atoms with Crippen molar-refractivity contribution in [3.63, 3.8) is 0 Å². The fourth-order valence-electron chi connectivity index (χ4n) is 0.737. The SMILES string of the molecule is NC(=O)CSc1cc(F)ccc1F. The highest BCUT2D eigenvalue weighted by Crippen LogP contribution is 2.21. The van der Waals surface area contributed by atoms with Gasteiger partial charge >= 0.3 is 0 Å². The maximum absolute atomic E-state index is 12.9. The number of thioether (sulfide) groups is 1. The van der Waals surface area contributed by atoms with Crippen LogP contribution in [0.4, 0.5) is 8.78 Å². The molecule has 0 aliphatic heterocycles. The first-order chi connectivity index (χ1) is 6.09. The minimum absolute atomic E-state index is 0.0552. The highest BCUT2D eigenvalue weighted by atomic mass is 32.2. The van der Waals surface area contributed by atoms with Crippen LogP contribution in [-0.2, 0) is 4.79 Å². The summed E-state index contributed by atoms with van der Waals surface area (Å²) in [6.07, 6.45) is 0. The van der Waals surface area contributed by atoms with Crippen molar-refractivity contribution in [2.24, 2.45) is 5.73 Å². The maximum atomic E-state index is 12.9. The molecule has 0 aromatic heterocycles. The largest absolute Gasteiger partial charge is 0.369 e. The van der Waals surface area contributed by atoms with E-state index in [0.717, 1.165) is 30.0 Å². The Kier molecular flexibility index (Phi) is 3.25. The molecular formula is C8H7F2NOS. The molecule has 0 aliphatic carbocycles. The Hall–Kier alpha value is -1.10. The zero-order valence-corrected chi connectivity index (χ0v) is 7.41. The molecule has 2 N–H and O–H groups in total. The van der Waals surface area contributed by atoms with Crippen LogP contribution in [0.1, 0.15) is 0 Å². The summed E-state index contributed by atoms with van der Waals surface area (Å²) in [6.45, 7) is 0. The zero-order valence-electron chi connectivity index (χ0n) is 6.59. The molecule has 0 bridgehead atoms. The molecule has 0 heterocycles. The lowest BCUT2D eigenvalue weighted by Gasteiger charge is -2.00. The Labute approximate surface area is 78.1 Å². The van der Waals surface area contributed by atoms with Gasteiger partial charge in [-0.3, -0.25) is 4.79 Å². The van der Waals surface area contributed by atoms with Gasteiger partial charge in [0.1, 0.15) is 11.6 Å². The van der Waals surface area contributed by atoms with Crippen molar-refractivity contribution in [2.75, 3.05) is 5.75 Å². The van der Waals surface area contributed by atoms with Crippen LogP contribution < -0.4 is 5.73 Å². The van der Waals surface area contributed by atoms with E-state index in [2.05, 4.69) is 0 Å². The first-order valence-corrected chi connectivity index (χ1v) is 4.44. The van der Waals surface area contributed by atoms with Crippen molar-refractivity contribution in [1.82, 2.24) is 0 Å². The molecular weight excluding hydrogens is 196 g/mol. The third-order valence-electron chi connectivity index (χ3n) is 1.26. The van der Waals surface area contributed by atoms with E-state index in [-0.39, 0.29) is 10.6 Å². The minimum Gasteiger partial charge on any atom is -0.369 e. The predicted molar refractivity (Wildman–Crippen MR) is 46.3 cm³/mol. The molecule has 2 nitrogen and oxygen atoms in total. The molecule has 0 spiro atoms. The Morgan fingerprint density at radius 3 is 2.77 bits per heavy atom. The van der Waals surface area contributed by atoms with Crippen molar-refractivity contribution in [3.8, 4) is 0 Å². The normalized spacial score (nSPS) is 10.0. The van der Waals surface area contributed by atoms with Crippen molar-refractivity contribution in [1.29, 1.82) is 0 Å². The number of hydrogen-bond donors (Lipinski definition) is 1. The summed E-state index contributed by atoms with van der Waals surface area (Å²) in [5.41, 5.74) is 4.85. The van der Waals surface area contributed by atoms with Gasteiger partial charge in [0.25, 0.3) is 0 Å². The van der Waals surface area contributed by atoms with E-state index in [1.807, 2.05) is 0 Å². The van der Waals surface area contributed by atoms with E-state index >= 15 is 0 Å². The quantitative estimate of drug-likeness (QED) is 0.757. The summed E-state index contributed by atoms with van der Waals surface area (Å²) >= 11 is 0.880. The second-order valence-electron chi connectivity index (χ2n) is 2.33. The number of carbonyl (C=O) groups is 1. The van der Waals surface area contributed by atoms with Crippen LogP contribution >= 0.6 is 11.8 Å². The van der Waals surface area contributed by atoms with Crippen molar-refractivity contribution < 1.29 is 13.6 Å². The zero-order chi connectivity index (χ0) is 9.84. The molecule has 0 radical (unpaired) electrons. The van der Waals surface area contributed by atoms with Crippen molar-refractivity contribution in [3.05, 3.63) is 29.8 Å². The van der Waals surface area contributed by atoms with Gasteiger partial charge in [0.05, 0.1) is 5.75 Å². The van der Waals surface area contributed by atoms with Gasteiger partial charge in [0.2, 0.25) is 5.91 Å². The number of halogens is 2. The monoisotopic (exact) mass is 203 g/mol. The average molecular weight is 203 g/mol. The molecule has 70 valence electrons. The number of rotatable bonds is 3. The fourth-order valence-corrected chi connectivity index (χ4v) is 1.44. The van der Waals surface area contributed by atoms with Gasteiger partial charge in [0.15, 0.2) is 0 Å². The highest BCUT2D eigenvalue weighted by molar-refractivity contribution is 8.00. The summed E-state index contributed by atoms with van der Waals surface area (Å²) in [5.74, 6) is -1.70. The minimum atomic E-state index is -0.561. The first kappa shape index (κ1) is 9.98. The third kappa shape index (κ3) is 3.02. The van der Waals surface area contributed by atoms with Crippen LogP contribution in [0.15, 0.2) is 23.1 Å². The van der Waals surface area contributed by atoms with Crippen molar-refractivity contribution >= 4 is 17.7 Å². The van der Waals surface area contributed by atoms with Crippen LogP contribution in [0.25, 0.3) is 0 Å². The number of benzene rings is 1. The third-order valence-corrected chi connectivity index (χ3v) is 2.32. The number of nitrogens with two attached hydrogens (primary N) is 1. The van der Waals surface area contributed by atoms with Crippen LogP contribution in [0.2, 0.25) is 0 Å². The smallest absolute Gasteiger partial charge is 0.227 e. The Bertz CT molecular complexity index is 330. The van der Waals surface area contributed by atoms with Crippen LogP contribution in [-0.4, -0.2) is 11.7 Å². The molecule has 0 saturated carbocycles. The van der Waals surface area contributed by atoms with Gasteiger partial charge in [-0.25, -0.2) is 8.78 Å². The van der Waals surface area contributed by atoms with Crippen LogP contribution in [0.5, 0.6) is 0 Å². The molecule has 0 fully saturated rings. The molecule has 5 heteroatoms. The van der Waals surface area contributed by atoms with E-state index in [4.69, 9.17) is 5.73 Å². The Morgan fingerprint density at radius 1 is 1.46 bits per heavy atom. The summed E-state index contributed by atoms with van der Waals surface area (Å²) in [5, 5.41) is 0. The van der Waals surface area contributed by atoms with E-state index < -0.39 is 17.5 Å². The second-order valence-corrected chi connectivity index (χ2v) is 3.35. The summed E-state index contributed by atoms with van der Waals surface area (Å²) in [7, 11) is 0. The molecule has 0 atom stereocenters. The van der Waals surface area contributed by atoms with Gasteiger partial charge in [-0.1, -0.05) is 0 Å². The summed E-state index contributed by atoms with van der Waals surface area (Å²) < 4.78 is 25.5. The summed E-state index contributed by atoms with van der Waals surface area (Å²) in [4.78, 5) is 10.5. The molecule has 0 unspecified atom stereocenters. The fraction of sp³-hybridized carbons (Fsp3) is 0.125. The molecule has 1 aromatic rings. The topological polar surface area (TPSA) is 43.1 Å².